The molecule has 0 saturated carbocycles. The molecular formula is C29H23N3O4. The Morgan fingerprint density at radius 1 is 0.944 bits per heavy atom. The van der Waals surface area contributed by atoms with Gasteiger partial charge in [0.2, 0.25) is 5.78 Å². The number of pyridine rings is 2. The smallest absolute Gasteiger partial charge is 0.340 e. The lowest BCUT2D eigenvalue weighted by molar-refractivity contribution is 0.0528. The first-order valence-electron chi connectivity index (χ1n) is 11.6. The molecule has 0 fully saturated rings. The molecule has 0 spiro atoms. The predicted octanol–water partition coefficient (Wildman–Crippen LogP) is 4.83. The number of amides is 1. The molecule has 3 heterocycles. The molecular weight excluding hydrogens is 454 g/mol. The molecule has 0 bridgehead atoms. The van der Waals surface area contributed by atoms with Gasteiger partial charge in [0.05, 0.1) is 23.4 Å². The summed E-state index contributed by atoms with van der Waals surface area (Å²) in [4.78, 5) is 43.4. The van der Waals surface area contributed by atoms with Gasteiger partial charge in [0, 0.05) is 36.3 Å². The average molecular weight is 478 g/mol. The lowest BCUT2D eigenvalue weighted by Gasteiger charge is -2.09. The second-order valence-electron chi connectivity index (χ2n) is 8.23. The second kappa shape index (κ2) is 9.84. The van der Waals surface area contributed by atoms with Gasteiger partial charge in [-0.2, -0.15) is 0 Å². The van der Waals surface area contributed by atoms with E-state index in [0.717, 1.165) is 16.3 Å². The minimum Gasteiger partial charge on any atom is -0.462 e. The summed E-state index contributed by atoms with van der Waals surface area (Å²) in [7, 11) is 0. The van der Waals surface area contributed by atoms with E-state index in [0.29, 0.717) is 28.9 Å². The SMILES string of the molecule is CCOC(=O)c1cc(C(=O)c2cccc3ccccc23)n2ccc(C(=O)NCc3cccnc3)cc12. The Morgan fingerprint density at radius 2 is 1.78 bits per heavy atom. The van der Waals surface area contributed by atoms with Crippen molar-refractivity contribution in [3.8, 4) is 0 Å². The number of benzene rings is 2. The lowest BCUT2D eigenvalue weighted by Crippen LogP contribution is -2.23. The van der Waals surface area contributed by atoms with Crippen LogP contribution in [0.1, 0.15) is 49.3 Å². The number of rotatable bonds is 7. The molecule has 7 nitrogen and oxygen atoms in total. The van der Waals surface area contributed by atoms with Gasteiger partial charge in [0.1, 0.15) is 0 Å². The maximum Gasteiger partial charge on any atom is 0.340 e. The number of carbonyl (C=O) groups excluding carboxylic acids is 3. The molecule has 0 aliphatic heterocycles. The summed E-state index contributed by atoms with van der Waals surface area (Å²) in [6.45, 7) is 2.22. The second-order valence-corrected chi connectivity index (χ2v) is 8.23. The zero-order valence-electron chi connectivity index (χ0n) is 19.6. The number of nitrogens with zero attached hydrogens (tertiary/aromatic N) is 2. The van der Waals surface area contributed by atoms with Crippen LogP contribution in [0.25, 0.3) is 16.3 Å². The van der Waals surface area contributed by atoms with Crippen LogP contribution in [0.3, 0.4) is 0 Å². The molecule has 2 aromatic carbocycles. The zero-order valence-corrected chi connectivity index (χ0v) is 19.6. The summed E-state index contributed by atoms with van der Waals surface area (Å²) in [5.41, 5.74) is 2.71. The minimum absolute atomic E-state index is 0.189. The van der Waals surface area contributed by atoms with E-state index in [1.54, 1.807) is 54.2 Å². The molecule has 0 aliphatic carbocycles. The van der Waals surface area contributed by atoms with Gasteiger partial charge in [0.15, 0.2) is 0 Å². The standard InChI is InChI=1S/C29H23N3O4/c1-2-36-29(35)24-16-26(27(33)23-11-5-9-20-8-3-4-10-22(20)23)32-14-12-21(15-25(24)32)28(34)31-18-19-7-6-13-30-17-19/h3-17H,2,18H2,1H3,(H,31,34). The predicted molar refractivity (Wildman–Crippen MR) is 136 cm³/mol. The van der Waals surface area contributed by atoms with Crippen molar-refractivity contribution in [1.29, 1.82) is 0 Å². The number of ether oxygens (including phenoxy) is 1. The van der Waals surface area contributed by atoms with Gasteiger partial charge in [-0.25, -0.2) is 4.79 Å². The van der Waals surface area contributed by atoms with Crippen LogP contribution in [-0.2, 0) is 11.3 Å². The van der Waals surface area contributed by atoms with E-state index in [4.69, 9.17) is 4.74 Å². The number of esters is 1. The molecule has 0 unspecified atom stereocenters. The number of ketones is 1. The monoisotopic (exact) mass is 477 g/mol. The highest BCUT2D eigenvalue weighted by molar-refractivity contribution is 6.17. The summed E-state index contributed by atoms with van der Waals surface area (Å²) in [6.07, 6.45) is 4.98. The third-order valence-corrected chi connectivity index (χ3v) is 5.97. The number of hydrogen-bond acceptors (Lipinski definition) is 5. The summed E-state index contributed by atoms with van der Waals surface area (Å²) in [5.74, 6) is -1.09. The molecule has 1 amide bonds. The third kappa shape index (κ3) is 4.34. The fourth-order valence-electron chi connectivity index (χ4n) is 4.23. The Bertz CT molecular complexity index is 1600. The van der Waals surface area contributed by atoms with Crippen molar-refractivity contribution in [3.63, 3.8) is 0 Å². The number of fused-ring (bicyclic) bond motifs is 2. The van der Waals surface area contributed by atoms with Crippen LogP contribution in [-0.4, -0.2) is 33.7 Å². The normalized spacial score (nSPS) is 10.9. The van der Waals surface area contributed by atoms with Crippen LogP contribution in [0, 0.1) is 0 Å². The van der Waals surface area contributed by atoms with Crippen molar-refractivity contribution < 1.29 is 19.1 Å². The molecule has 0 saturated heterocycles. The number of aromatic nitrogens is 2. The first kappa shape index (κ1) is 23.0. The molecule has 0 radical (unpaired) electrons. The van der Waals surface area contributed by atoms with E-state index >= 15 is 0 Å². The molecule has 5 rings (SSSR count). The highest BCUT2D eigenvalue weighted by Gasteiger charge is 2.23. The van der Waals surface area contributed by atoms with Gasteiger partial charge < -0.3 is 14.5 Å². The van der Waals surface area contributed by atoms with E-state index < -0.39 is 5.97 Å². The zero-order chi connectivity index (χ0) is 25.1. The van der Waals surface area contributed by atoms with Gasteiger partial charge in [-0.1, -0.05) is 48.5 Å². The highest BCUT2D eigenvalue weighted by atomic mass is 16.5. The summed E-state index contributed by atoms with van der Waals surface area (Å²) in [6, 6.07) is 21.6. The first-order valence-corrected chi connectivity index (χ1v) is 11.6. The Labute approximate surface area is 207 Å². The Hall–Kier alpha value is -4.78. The molecule has 0 aliphatic rings. The van der Waals surface area contributed by atoms with Gasteiger partial charge in [0.25, 0.3) is 5.91 Å². The highest BCUT2D eigenvalue weighted by Crippen LogP contribution is 2.26. The fourth-order valence-corrected chi connectivity index (χ4v) is 4.23. The Morgan fingerprint density at radius 3 is 2.58 bits per heavy atom. The van der Waals surface area contributed by atoms with Crippen LogP contribution in [0.2, 0.25) is 0 Å². The minimum atomic E-state index is -0.556. The molecule has 1 N–H and O–H groups in total. The summed E-state index contributed by atoms with van der Waals surface area (Å²) < 4.78 is 6.87. The number of nitrogens with one attached hydrogen (secondary N) is 1. The Kier molecular flexibility index (Phi) is 6.28. The van der Waals surface area contributed by atoms with E-state index in [1.165, 1.54) is 6.07 Å². The molecule has 178 valence electrons. The fraction of sp³-hybridized carbons (Fsp3) is 0.103. The van der Waals surface area contributed by atoms with Crippen molar-refractivity contribution >= 4 is 33.9 Å². The van der Waals surface area contributed by atoms with Crippen molar-refractivity contribution in [1.82, 2.24) is 14.7 Å². The topological polar surface area (TPSA) is 89.8 Å². The maximum atomic E-state index is 13.7. The van der Waals surface area contributed by atoms with E-state index in [-0.39, 0.29) is 23.9 Å². The van der Waals surface area contributed by atoms with Crippen LogP contribution >= 0.6 is 0 Å². The summed E-state index contributed by atoms with van der Waals surface area (Å²) in [5, 5.41) is 4.63. The van der Waals surface area contributed by atoms with Crippen molar-refractivity contribution in [2.75, 3.05) is 6.61 Å². The first-order chi connectivity index (χ1) is 17.6. The van der Waals surface area contributed by atoms with E-state index in [9.17, 15) is 14.4 Å². The van der Waals surface area contributed by atoms with E-state index in [1.807, 2.05) is 42.5 Å². The van der Waals surface area contributed by atoms with E-state index in [2.05, 4.69) is 10.3 Å². The number of carbonyl (C=O) groups is 3. The Balaban J connectivity index is 1.55. The molecule has 5 aromatic rings. The third-order valence-electron chi connectivity index (χ3n) is 5.97. The molecule has 7 heteroatoms. The quantitative estimate of drug-likeness (QED) is 0.268. The largest absolute Gasteiger partial charge is 0.462 e. The van der Waals surface area contributed by atoms with Crippen molar-refractivity contribution in [3.05, 3.63) is 119 Å². The van der Waals surface area contributed by atoms with Gasteiger partial charge in [-0.15, -0.1) is 0 Å². The van der Waals surface area contributed by atoms with Crippen LogP contribution < -0.4 is 5.32 Å². The molecule has 0 atom stereocenters. The lowest BCUT2D eigenvalue weighted by atomic mass is 10.00. The average Bonchev–Trinajstić information content (AvgIpc) is 3.31. The maximum absolute atomic E-state index is 13.7. The van der Waals surface area contributed by atoms with Gasteiger partial charge in [-0.3, -0.25) is 14.6 Å². The van der Waals surface area contributed by atoms with Crippen molar-refractivity contribution in [2.45, 2.75) is 13.5 Å². The van der Waals surface area contributed by atoms with Gasteiger partial charge in [-0.05, 0) is 47.5 Å². The summed E-state index contributed by atoms with van der Waals surface area (Å²) >= 11 is 0. The molecule has 36 heavy (non-hydrogen) atoms. The van der Waals surface area contributed by atoms with Crippen LogP contribution in [0.5, 0.6) is 0 Å². The number of hydrogen-bond donors (Lipinski definition) is 1. The van der Waals surface area contributed by atoms with Crippen molar-refractivity contribution in [2.24, 2.45) is 0 Å². The van der Waals surface area contributed by atoms with Crippen LogP contribution in [0.4, 0.5) is 0 Å². The van der Waals surface area contributed by atoms with Gasteiger partial charge >= 0.3 is 5.97 Å². The molecule has 3 aromatic heterocycles. The van der Waals surface area contributed by atoms with Crippen LogP contribution in [0.15, 0.2) is 91.4 Å².